The van der Waals surface area contributed by atoms with Gasteiger partial charge in [-0.05, 0) is 30.0 Å². The average Bonchev–Trinajstić information content (AvgIpc) is 3.20. The zero-order valence-electron chi connectivity index (χ0n) is 18.6. The summed E-state index contributed by atoms with van der Waals surface area (Å²) in [7, 11) is 1.52. The molecule has 176 valence electrons. The number of hydrogen-bond acceptors (Lipinski definition) is 8. The maximum atomic E-state index is 14.2. The first-order chi connectivity index (χ1) is 16.0. The monoisotopic (exact) mass is 475 g/mol. The largest absolute Gasteiger partial charge is 0.460 e. The summed E-state index contributed by atoms with van der Waals surface area (Å²) in [4.78, 5) is 34.3. The number of morpholine rings is 1. The molecule has 0 spiro atoms. The van der Waals surface area contributed by atoms with E-state index in [9.17, 15) is 14.0 Å². The van der Waals surface area contributed by atoms with Gasteiger partial charge in [0.25, 0.3) is 0 Å². The Morgan fingerprint density at radius 2 is 2.06 bits per heavy atom. The van der Waals surface area contributed by atoms with Crippen LogP contribution in [0.2, 0.25) is 0 Å². The number of amides is 1. The molecule has 33 heavy (non-hydrogen) atoms. The summed E-state index contributed by atoms with van der Waals surface area (Å²) >= 11 is 1.38. The van der Waals surface area contributed by atoms with E-state index in [0.29, 0.717) is 54.0 Å². The van der Waals surface area contributed by atoms with Crippen LogP contribution in [0.3, 0.4) is 0 Å². The number of carbonyl (C=O) groups is 2. The minimum atomic E-state index is -0.665. The standard InChI is InChI=1S/C23H26FN3O5S/c1-15-20(22(29)32-11-10-30-2)21(16-4-3-5-17(24)12-16)27-18(14-33-23(27)25-15)13-19(28)26-6-8-31-9-7-26/h3-5,12,14,21H,6-11,13H2,1-2H3/t21-/m1/s1. The molecule has 1 fully saturated rings. The first kappa shape index (κ1) is 23.5. The summed E-state index contributed by atoms with van der Waals surface area (Å²) < 4.78 is 29.9. The molecule has 4 rings (SSSR count). The summed E-state index contributed by atoms with van der Waals surface area (Å²) in [6.45, 7) is 4.21. The van der Waals surface area contributed by atoms with Crippen molar-refractivity contribution in [1.29, 1.82) is 0 Å². The lowest BCUT2D eigenvalue weighted by Crippen LogP contribution is -2.42. The maximum absolute atomic E-state index is 14.2. The fraction of sp³-hybridized carbons (Fsp3) is 0.435. The number of fused-ring (bicyclic) bond motifs is 1. The maximum Gasteiger partial charge on any atom is 0.338 e. The van der Waals surface area contributed by atoms with Crippen LogP contribution in [0.1, 0.15) is 24.9 Å². The summed E-state index contributed by atoms with van der Waals surface area (Å²) in [5.41, 5.74) is 2.10. The van der Waals surface area contributed by atoms with Gasteiger partial charge in [-0.15, -0.1) is 0 Å². The fourth-order valence-electron chi connectivity index (χ4n) is 4.00. The molecule has 0 radical (unpaired) electrons. The van der Waals surface area contributed by atoms with Crippen LogP contribution in [-0.4, -0.2) is 73.5 Å². The summed E-state index contributed by atoms with van der Waals surface area (Å²) in [6, 6.07) is 5.45. The highest BCUT2D eigenvalue weighted by atomic mass is 32.2. The lowest BCUT2D eigenvalue weighted by atomic mass is 9.93. The fourth-order valence-corrected chi connectivity index (χ4v) is 4.96. The van der Waals surface area contributed by atoms with Gasteiger partial charge in [-0.1, -0.05) is 23.9 Å². The molecule has 0 aliphatic carbocycles. The Kier molecular flexibility index (Phi) is 7.46. The molecule has 1 saturated heterocycles. The van der Waals surface area contributed by atoms with Gasteiger partial charge in [0.05, 0.1) is 43.6 Å². The van der Waals surface area contributed by atoms with E-state index in [-0.39, 0.29) is 25.5 Å². The minimum absolute atomic E-state index is 0.0279. The van der Waals surface area contributed by atoms with Crippen molar-refractivity contribution in [2.75, 3.05) is 46.6 Å². The molecule has 0 aromatic heterocycles. The van der Waals surface area contributed by atoms with Crippen molar-refractivity contribution in [3.8, 4) is 0 Å². The molecule has 1 aromatic carbocycles. The number of carbonyl (C=O) groups excluding carboxylic acids is 2. The van der Waals surface area contributed by atoms with E-state index in [0.717, 1.165) is 0 Å². The smallest absolute Gasteiger partial charge is 0.338 e. The summed E-state index contributed by atoms with van der Waals surface area (Å²) in [5.74, 6) is -0.986. The van der Waals surface area contributed by atoms with Gasteiger partial charge in [0, 0.05) is 25.9 Å². The average molecular weight is 476 g/mol. The van der Waals surface area contributed by atoms with Gasteiger partial charge >= 0.3 is 5.97 Å². The quantitative estimate of drug-likeness (QED) is 0.443. The molecule has 3 aliphatic heterocycles. The van der Waals surface area contributed by atoms with E-state index < -0.39 is 17.8 Å². The number of benzene rings is 1. The number of nitrogens with zero attached hydrogens (tertiary/aromatic N) is 3. The molecule has 8 nitrogen and oxygen atoms in total. The Bertz CT molecular complexity index is 1020. The van der Waals surface area contributed by atoms with Gasteiger partial charge in [0.2, 0.25) is 5.91 Å². The molecule has 0 bridgehead atoms. The Morgan fingerprint density at radius 3 is 2.79 bits per heavy atom. The number of esters is 1. The summed E-state index contributed by atoms with van der Waals surface area (Å²) in [6.07, 6.45) is 0.142. The van der Waals surface area contributed by atoms with Crippen LogP contribution in [0, 0.1) is 5.82 Å². The van der Waals surface area contributed by atoms with Gasteiger partial charge in [-0.25, -0.2) is 14.2 Å². The second kappa shape index (κ2) is 10.5. The first-order valence-electron chi connectivity index (χ1n) is 10.7. The van der Waals surface area contributed by atoms with Crippen LogP contribution in [0.5, 0.6) is 0 Å². The number of aliphatic imine (C=N–C) groups is 1. The van der Waals surface area contributed by atoms with Crippen molar-refractivity contribution in [2.45, 2.75) is 19.4 Å². The Labute approximate surface area is 196 Å². The predicted molar refractivity (Wildman–Crippen MR) is 122 cm³/mol. The number of rotatable bonds is 7. The molecule has 3 aliphatic rings. The highest BCUT2D eigenvalue weighted by Crippen LogP contribution is 2.45. The molecule has 3 heterocycles. The molecular formula is C23H26FN3O5S. The normalized spacial score (nSPS) is 20.4. The van der Waals surface area contributed by atoms with E-state index in [4.69, 9.17) is 14.2 Å². The topological polar surface area (TPSA) is 80.7 Å². The lowest BCUT2D eigenvalue weighted by molar-refractivity contribution is -0.141. The Morgan fingerprint density at radius 1 is 1.27 bits per heavy atom. The van der Waals surface area contributed by atoms with Crippen LogP contribution >= 0.6 is 11.8 Å². The van der Waals surface area contributed by atoms with Gasteiger partial charge < -0.3 is 24.0 Å². The van der Waals surface area contributed by atoms with Gasteiger partial charge in [0.1, 0.15) is 12.4 Å². The van der Waals surface area contributed by atoms with Crippen LogP contribution in [0.25, 0.3) is 0 Å². The SMILES string of the molecule is COCCOC(=O)C1=C(C)N=C2SC=C(CC(=O)N3CCOCC3)N2[C@@H]1c1cccc(F)c1. The molecule has 0 saturated carbocycles. The number of ether oxygens (including phenoxy) is 3. The van der Waals surface area contributed by atoms with E-state index in [1.807, 2.05) is 10.3 Å². The Hall–Kier alpha value is -2.69. The number of methoxy groups -OCH3 is 1. The van der Waals surface area contributed by atoms with Gasteiger partial charge in [-0.2, -0.15) is 0 Å². The molecular weight excluding hydrogens is 449 g/mol. The molecule has 1 aromatic rings. The van der Waals surface area contributed by atoms with E-state index >= 15 is 0 Å². The predicted octanol–water partition coefficient (Wildman–Crippen LogP) is 2.84. The third-order valence-electron chi connectivity index (χ3n) is 5.60. The zero-order valence-corrected chi connectivity index (χ0v) is 19.4. The minimum Gasteiger partial charge on any atom is -0.460 e. The number of halogens is 1. The van der Waals surface area contributed by atoms with E-state index in [2.05, 4.69) is 4.99 Å². The van der Waals surface area contributed by atoms with Crippen molar-refractivity contribution < 1.29 is 28.2 Å². The van der Waals surface area contributed by atoms with Gasteiger partial charge in [-0.3, -0.25) is 4.79 Å². The van der Waals surface area contributed by atoms with Crippen LogP contribution in [0.15, 0.2) is 51.6 Å². The highest BCUT2D eigenvalue weighted by molar-refractivity contribution is 8.16. The number of thioether (sulfide) groups is 1. The number of allylic oxidation sites excluding steroid dienone is 1. The zero-order chi connectivity index (χ0) is 23.4. The molecule has 10 heteroatoms. The highest BCUT2D eigenvalue weighted by Gasteiger charge is 2.41. The Balaban J connectivity index is 1.66. The first-order valence-corrected chi connectivity index (χ1v) is 11.6. The third-order valence-corrected chi connectivity index (χ3v) is 6.49. The summed E-state index contributed by atoms with van der Waals surface area (Å²) in [5, 5.41) is 2.51. The second-order valence-corrected chi connectivity index (χ2v) is 8.58. The number of hydrogen-bond donors (Lipinski definition) is 0. The van der Waals surface area contributed by atoms with Crippen molar-refractivity contribution in [1.82, 2.24) is 9.80 Å². The molecule has 1 atom stereocenters. The van der Waals surface area contributed by atoms with Crippen molar-refractivity contribution in [3.05, 3.63) is 58.0 Å². The molecule has 1 amide bonds. The molecule has 0 N–H and O–H groups in total. The van der Waals surface area contributed by atoms with Crippen LogP contribution in [0.4, 0.5) is 4.39 Å². The van der Waals surface area contributed by atoms with Crippen molar-refractivity contribution >= 4 is 28.8 Å². The van der Waals surface area contributed by atoms with E-state index in [1.54, 1.807) is 24.0 Å². The second-order valence-electron chi connectivity index (χ2n) is 7.75. The number of amidine groups is 1. The van der Waals surface area contributed by atoms with Crippen LogP contribution < -0.4 is 0 Å². The van der Waals surface area contributed by atoms with Crippen molar-refractivity contribution in [3.63, 3.8) is 0 Å². The third kappa shape index (κ3) is 5.13. The lowest BCUT2D eigenvalue weighted by Gasteiger charge is -2.37. The van der Waals surface area contributed by atoms with Crippen LogP contribution in [-0.2, 0) is 23.8 Å². The van der Waals surface area contributed by atoms with Gasteiger partial charge in [0.15, 0.2) is 5.17 Å². The van der Waals surface area contributed by atoms with Crippen molar-refractivity contribution in [2.24, 2.45) is 4.99 Å². The van der Waals surface area contributed by atoms with E-state index in [1.165, 1.54) is 31.0 Å². The molecule has 0 unspecified atom stereocenters.